The summed E-state index contributed by atoms with van der Waals surface area (Å²) >= 11 is 0. The molecule has 0 saturated carbocycles. The van der Waals surface area contributed by atoms with Gasteiger partial charge in [-0.3, -0.25) is 4.79 Å². The van der Waals surface area contributed by atoms with Crippen LogP contribution >= 0.6 is 0 Å². The predicted molar refractivity (Wildman–Crippen MR) is 59.6 cm³/mol. The Morgan fingerprint density at radius 2 is 2.00 bits per heavy atom. The first-order chi connectivity index (χ1) is 7.50. The van der Waals surface area contributed by atoms with Crippen LogP contribution in [0.15, 0.2) is 29.2 Å². The largest absolute Gasteiger partial charge is 0.338 e. The quantitative estimate of drug-likeness (QED) is 0.673. The summed E-state index contributed by atoms with van der Waals surface area (Å²) in [5, 5.41) is 0. The highest BCUT2D eigenvalue weighted by Crippen LogP contribution is 2.22. The van der Waals surface area contributed by atoms with Gasteiger partial charge in [-0.2, -0.15) is 0 Å². The number of hydrogen-bond donors (Lipinski definition) is 0. The van der Waals surface area contributed by atoms with Crippen molar-refractivity contribution in [2.45, 2.75) is 18.4 Å². The normalized spacial score (nSPS) is 18.7. The molecule has 0 aliphatic carbocycles. The molecule has 1 heterocycles. The first-order valence-corrected chi connectivity index (χ1v) is 6.72. The highest BCUT2D eigenvalue weighted by atomic mass is 32.2. The molecule has 0 bridgehead atoms. The second-order valence-corrected chi connectivity index (χ2v) is 5.94. The fraction of sp³-hybridized carbons (Fsp3) is 0.364. The van der Waals surface area contributed by atoms with Crippen molar-refractivity contribution in [3.05, 3.63) is 29.8 Å². The number of carbonyl (C=O) groups excluding carboxylic acids is 1. The van der Waals surface area contributed by atoms with Gasteiger partial charge in [-0.25, -0.2) is 8.42 Å². The third-order valence-electron chi connectivity index (χ3n) is 2.74. The zero-order valence-electron chi connectivity index (χ0n) is 9.01. The molecule has 0 spiro atoms. The minimum atomic E-state index is -3.24. The molecule has 0 unspecified atom stereocenters. The number of benzene rings is 1. The van der Waals surface area contributed by atoms with Crippen LogP contribution in [0.2, 0.25) is 0 Å². The predicted octanol–water partition coefficient (Wildman–Crippen LogP) is 0.822. The molecular formula is C11H13NO3S. The summed E-state index contributed by atoms with van der Waals surface area (Å²) in [6.07, 6.45) is 0. The van der Waals surface area contributed by atoms with E-state index in [9.17, 15) is 13.2 Å². The fourth-order valence-corrected chi connectivity index (χ4v) is 3.33. The summed E-state index contributed by atoms with van der Waals surface area (Å²) in [5.41, 5.74) is 0.704. The van der Waals surface area contributed by atoms with Crippen molar-refractivity contribution in [1.29, 1.82) is 0 Å². The van der Waals surface area contributed by atoms with Crippen LogP contribution in [-0.2, 0) is 21.2 Å². The Hall–Kier alpha value is -1.36. The van der Waals surface area contributed by atoms with Crippen LogP contribution in [0, 0.1) is 0 Å². The van der Waals surface area contributed by atoms with Gasteiger partial charge >= 0.3 is 0 Å². The van der Waals surface area contributed by atoms with Gasteiger partial charge in [0, 0.05) is 20.0 Å². The maximum atomic E-state index is 11.9. The van der Waals surface area contributed by atoms with E-state index in [4.69, 9.17) is 0 Å². The standard InChI is InChI=1S/C11H13NO3S/c1-9(13)12-6-7-16(14,15)11-5-3-2-4-10(11)8-12/h2-5H,6-8H2,1H3. The molecule has 0 atom stereocenters. The van der Waals surface area contributed by atoms with E-state index >= 15 is 0 Å². The molecule has 0 aromatic heterocycles. The molecule has 0 N–H and O–H groups in total. The Balaban J connectivity index is 2.51. The molecule has 1 amide bonds. The van der Waals surface area contributed by atoms with Crippen molar-refractivity contribution in [3.8, 4) is 0 Å². The average molecular weight is 239 g/mol. The first kappa shape index (κ1) is 11.1. The van der Waals surface area contributed by atoms with Gasteiger partial charge in [0.2, 0.25) is 5.91 Å². The number of nitrogens with zero attached hydrogens (tertiary/aromatic N) is 1. The van der Waals surface area contributed by atoms with Gasteiger partial charge in [-0.1, -0.05) is 18.2 Å². The molecule has 1 aliphatic heterocycles. The zero-order valence-corrected chi connectivity index (χ0v) is 9.83. The Labute approximate surface area is 94.8 Å². The lowest BCUT2D eigenvalue weighted by Crippen LogP contribution is -2.30. The van der Waals surface area contributed by atoms with Crippen molar-refractivity contribution in [1.82, 2.24) is 4.90 Å². The third kappa shape index (κ3) is 1.95. The highest BCUT2D eigenvalue weighted by molar-refractivity contribution is 7.91. The van der Waals surface area contributed by atoms with Gasteiger partial charge in [-0.15, -0.1) is 0 Å². The first-order valence-electron chi connectivity index (χ1n) is 5.07. The van der Waals surface area contributed by atoms with Crippen LogP contribution in [0.1, 0.15) is 12.5 Å². The fourth-order valence-electron chi connectivity index (χ4n) is 1.83. The second kappa shape index (κ2) is 3.90. The lowest BCUT2D eigenvalue weighted by Gasteiger charge is -2.17. The van der Waals surface area contributed by atoms with Crippen molar-refractivity contribution < 1.29 is 13.2 Å². The molecule has 86 valence electrons. The van der Waals surface area contributed by atoms with E-state index in [0.29, 0.717) is 17.0 Å². The van der Waals surface area contributed by atoms with Crippen LogP contribution < -0.4 is 0 Å². The SMILES string of the molecule is CC(=O)N1CCS(=O)(=O)c2ccccc2C1. The van der Waals surface area contributed by atoms with E-state index in [1.165, 1.54) is 6.92 Å². The number of rotatable bonds is 0. The zero-order chi connectivity index (χ0) is 11.8. The minimum Gasteiger partial charge on any atom is -0.338 e. The monoisotopic (exact) mass is 239 g/mol. The summed E-state index contributed by atoms with van der Waals surface area (Å²) in [4.78, 5) is 13.2. The molecule has 5 heteroatoms. The van der Waals surface area contributed by atoms with Gasteiger partial charge in [0.1, 0.15) is 0 Å². The van der Waals surface area contributed by atoms with Gasteiger partial charge in [0.15, 0.2) is 9.84 Å². The van der Waals surface area contributed by atoms with E-state index in [1.54, 1.807) is 29.2 Å². The van der Waals surface area contributed by atoms with E-state index in [2.05, 4.69) is 0 Å². The molecule has 1 aromatic carbocycles. The molecule has 2 rings (SSSR count). The molecule has 1 aliphatic rings. The van der Waals surface area contributed by atoms with Crippen LogP contribution in [0.3, 0.4) is 0 Å². The summed E-state index contributed by atoms with van der Waals surface area (Å²) < 4.78 is 23.8. The molecule has 0 fully saturated rings. The maximum Gasteiger partial charge on any atom is 0.219 e. The van der Waals surface area contributed by atoms with Crippen molar-refractivity contribution in [3.63, 3.8) is 0 Å². The minimum absolute atomic E-state index is 0.00356. The van der Waals surface area contributed by atoms with E-state index in [-0.39, 0.29) is 18.2 Å². The highest BCUT2D eigenvalue weighted by Gasteiger charge is 2.25. The van der Waals surface area contributed by atoms with Gasteiger partial charge in [-0.05, 0) is 11.6 Å². The smallest absolute Gasteiger partial charge is 0.219 e. The molecule has 4 nitrogen and oxygen atoms in total. The topological polar surface area (TPSA) is 54.5 Å². The average Bonchev–Trinajstić information content (AvgIpc) is 2.36. The van der Waals surface area contributed by atoms with E-state index in [0.717, 1.165) is 0 Å². The Morgan fingerprint density at radius 1 is 1.31 bits per heavy atom. The Bertz CT molecular complexity index is 522. The second-order valence-electron chi connectivity index (χ2n) is 3.87. The molecular weight excluding hydrogens is 226 g/mol. The Kier molecular flexibility index (Phi) is 2.71. The number of sulfone groups is 1. The molecule has 16 heavy (non-hydrogen) atoms. The molecule has 0 saturated heterocycles. The van der Waals surface area contributed by atoms with E-state index in [1.807, 2.05) is 0 Å². The summed E-state index contributed by atoms with van der Waals surface area (Å²) in [6.45, 7) is 2.11. The number of fused-ring (bicyclic) bond motifs is 1. The molecule has 0 radical (unpaired) electrons. The number of hydrogen-bond acceptors (Lipinski definition) is 3. The lowest BCUT2D eigenvalue weighted by molar-refractivity contribution is -0.129. The lowest BCUT2D eigenvalue weighted by atomic mass is 10.2. The van der Waals surface area contributed by atoms with Crippen LogP contribution in [-0.4, -0.2) is 31.5 Å². The van der Waals surface area contributed by atoms with Crippen molar-refractivity contribution in [2.24, 2.45) is 0 Å². The third-order valence-corrected chi connectivity index (χ3v) is 4.53. The van der Waals surface area contributed by atoms with Crippen molar-refractivity contribution >= 4 is 15.7 Å². The van der Waals surface area contributed by atoms with Gasteiger partial charge in [0.05, 0.1) is 10.6 Å². The maximum absolute atomic E-state index is 11.9. The van der Waals surface area contributed by atoms with E-state index < -0.39 is 9.84 Å². The van der Waals surface area contributed by atoms with Crippen LogP contribution in [0.25, 0.3) is 0 Å². The van der Waals surface area contributed by atoms with Crippen LogP contribution in [0.5, 0.6) is 0 Å². The number of carbonyl (C=O) groups is 1. The van der Waals surface area contributed by atoms with Crippen LogP contribution in [0.4, 0.5) is 0 Å². The van der Waals surface area contributed by atoms with Gasteiger partial charge < -0.3 is 4.90 Å². The van der Waals surface area contributed by atoms with Crippen molar-refractivity contribution in [2.75, 3.05) is 12.3 Å². The molecule has 1 aromatic rings. The summed E-state index contributed by atoms with van der Waals surface area (Å²) in [7, 11) is -3.24. The number of amides is 1. The Morgan fingerprint density at radius 3 is 2.69 bits per heavy atom. The summed E-state index contributed by atoms with van der Waals surface area (Å²) in [5.74, 6) is -0.0873. The van der Waals surface area contributed by atoms with Gasteiger partial charge in [0.25, 0.3) is 0 Å². The summed E-state index contributed by atoms with van der Waals surface area (Å²) in [6, 6.07) is 6.86.